The predicted octanol–water partition coefficient (Wildman–Crippen LogP) is 3.03. The van der Waals surface area contributed by atoms with Gasteiger partial charge in [0.1, 0.15) is 17.2 Å². The lowest BCUT2D eigenvalue weighted by molar-refractivity contribution is -0.130. The van der Waals surface area contributed by atoms with Crippen LogP contribution in [0.15, 0.2) is 42.5 Å². The highest BCUT2D eigenvalue weighted by Crippen LogP contribution is 2.28. The quantitative estimate of drug-likeness (QED) is 0.655. The Kier molecular flexibility index (Phi) is 4.68. The summed E-state index contributed by atoms with van der Waals surface area (Å²) in [4.78, 5) is 11.6. The molecule has 0 spiro atoms. The number of ether oxygens (including phenoxy) is 2. The number of carboxylic acids is 1. The zero-order valence-corrected chi connectivity index (χ0v) is 12.2. The van der Waals surface area contributed by atoms with Gasteiger partial charge in [-0.15, -0.1) is 0 Å². The van der Waals surface area contributed by atoms with Gasteiger partial charge in [0.25, 0.3) is 0 Å². The number of phenols is 1. The third-order valence-corrected chi connectivity index (χ3v) is 3.10. The van der Waals surface area contributed by atoms with Crippen molar-refractivity contribution < 1.29 is 24.5 Å². The van der Waals surface area contributed by atoms with Crippen molar-refractivity contribution in [3.05, 3.63) is 53.6 Å². The highest BCUT2D eigenvalue weighted by atomic mass is 16.5. The number of aliphatic carboxylic acids is 1. The van der Waals surface area contributed by atoms with Gasteiger partial charge in [-0.2, -0.15) is 0 Å². The van der Waals surface area contributed by atoms with Crippen molar-refractivity contribution in [3.8, 4) is 17.2 Å². The van der Waals surface area contributed by atoms with E-state index in [2.05, 4.69) is 0 Å². The highest BCUT2D eigenvalue weighted by molar-refractivity contribution is 6.20. The summed E-state index contributed by atoms with van der Waals surface area (Å²) in [7, 11) is 3.01. The molecule has 0 atom stereocenters. The summed E-state index contributed by atoms with van der Waals surface area (Å²) in [5.41, 5.74) is 1.23. The zero-order valence-electron chi connectivity index (χ0n) is 12.2. The van der Waals surface area contributed by atoms with Crippen LogP contribution in [0.5, 0.6) is 17.2 Å². The minimum absolute atomic E-state index is 0.0999. The normalized spacial score (nSPS) is 11.1. The molecule has 0 saturated carbocycles. The molecule has 0 saturated heterocycles. The van der Waals surface area contributed by atoms with E-state index in [1.54, 1.807) is 30.3 Å². The lowest BCUT2D eigenvalue weighted by Gasteiger charge is -2.09. The summed E-state index contributed by atoms with van der Waals surface area (Å²) in [5, 5.41) is 18.8. The van der Waals surface area contributed by atoms with Crippen LogP contribution in [0.2, 0.25) is 0 Å². The Morgan fingerprint density at radius 3 is 2.00 bits per heavy atom. The van der Waals surface area contributed by atoms with Crippen LogP contribution in [-0.2, 0) is 4.79 Å². The Morgan fingerprint density at radius 2 is 1.55 bits per heavy atom. The van der Waals surface area contributed by atoms with Crippen molar-refractivity contribution in [2.75, 3.05) is 14.2 Å². The third-order valence-electron chi connectivity index (χ3n) is 3.10. The number of rotatable bonds is 5. The summed E-state index contributed by atoms with van der Waals surface area (Å²) in [6, 6.07) is 11.2. The Hall–Kier alpha value is -2.95. The number of carboxylic acid groups (broad SMARTS) is 1. The number of methoxy groups -OCH3 is 2. The summed E-state index contributed by atoms with van der Waals surface area (Å²) < 4.78 is 10.3. The van der Waals surface area contributed by atoms with E-state index in [9.17, 15) is 15.0 Å². The molecule has 2 aromatic carbocycles. The number of hydrogen-bond donors (Lipinski definition) is 2. The molecule has 5 heteroatoms. The Bertz CT molecular complexity index is 679. The third kappa shape index (κ3) is 3.58. The first-order valence-electron chi connectivity index (χ1n) is 6.51. The molecule has 0 bridgehead atoms. The molecule has 0 aromatic heterocycles. The van der Waals surface area contributed by atoms with Gasteiger partial charge in [0.2, 0.25) is 0 Å². The molecular weight excluding hydrogens is 284 g/mol. The lowest BCUT2D eigenvalue weighted by atomic mass is 10.0. The molecule has 5 nitrogen and oxygen atoms in total. The lowest BCUT2D eigenvalue weighted by Crippen LogP contribution is -2.01. The second-order valence-corrected chi connectivity index (χ2v) is 4.56. The van der Waals surface area contributed by atoms with Crippen LogP contribution in [0.1, 0.15) is 11.1 Å². The fourth-order valence-electron chi connectivity index (χ4n) is 1.97. The van der Waals surface area contributed by atoms with Gasteiger partial charge in [-0.3, -0.25) is 0 Å². The standard InChI is InChI=1S/C17H16O5/c1-21-14-8-12(9-15(10-14)22-2)16(17(19)20)7-11-3-5-13(18)6-4-11/h3-10,18H,1-2H3,(H,19,20)/b16-7+. The molecular formula is C17H16O5. The minimum Gasteiger partial charge on any atom is -0.508 e. The molecule has 0 aliphatic heterocycles. The number of phenolic OH excluding ortho intramolecular Hbond substituents is 1. The van der Waals surface area contributed by atoms with Crippen LogP contribution in [-0.4, -0.2) is 30.4 Å². The van der Waals surface area contributed by atoms with E-state index >= 15 is 0 Å². The van der Waals surface area contributed by atoms with Crippen molar-refractivity contribution in [2.45, 2.75) is 0 Å². The fraction of sp³-hybridized carbons (Fsp3) is 0.118. The van der Waals surface area contributed by atoms with E-state index < -0.39 is 5.97 Å². The molecule has 2 aromatic rings. The molecule has 2 rings (SSSR count). The first-order valence-corrected chi connectivity index (χ1v) is 6.51. The maximum absolute atomic E-state index is 11.6. The Balaban J connectivity index is 2.52. The summed E-state index contributed by atoms with van der Waals surface area (Å²) >= 11 is 0. The molecule has 0 heterocycles. The second-order valence-electron chi connectivity index (χ2n) is 4.56. The monoisotopic (exact) mass is 300 g/mol. The Labute approximate surface area is 128 Å². The van der Waals surface area contributed by atoms with Crippen molar-refractivity contribution in [1.29, 1.82) is 0 Å². The number of carbonyl (C=O) groups is 1. The van der Waals surface area contributed by atoms with Gasteiger partial charge in [0.15, 0.2) is 0 Å². The molecule has 2 N–H and O–H groups in total. The molecule has 0 unspecified atom stereocenters. The summed E-state index contributed by atoms with van der Waals surface area (Å²) in [5.74, 6) is 0.0693. The van der Waals surface area contributed by atoms with Gasteiger partial charge >= 0.3 is 5.97 Å². The second kappa shape index (κ2) is 6.67. The van der Waals surface area contributed by atoms with Crippen molar-refractivity contribution in [3.63, 3.8) is 0 Å². The van der Waals surface area contributed by atoms with Gasteiger partial charge in [-0.05, 0) is 41.5 Å². The van der Waals surface area contributed by atoms with E-state index in [1.165, 1.54) is 32.4 Å². The van der Waals surface area contributed by atoms with Crippen LogP contribution in [0.25, 0.3) is 11.6 Å². The van der Waals surface area contributed by atoms with Crippen LogP contribution in [0.3, 0.4) is 0 Å². The largest absolute Gasteiger partial charge is 0.508 e. The van der Waals surface area contributed by atoms with E-state index in [0.717, 1.165) is 0 Å². The number of benzene rings is 2. The molecule has 0 radical (unpaired) electrons. The minimum atomic E-state index is -1.07. The maximum Gasteiger partial charge on any atom is 0.336 e. The SMILES string of the molecule is COc1cc(OC)cc(/C(=C\c2ccc(O)cc2)C(=O)O)c1. The zero-order chi connectivity index (χ0) is 16.1. The molecule has 0 amide bonds. The Morgan fingerprint density at radius 1 is 1.00 bits per heavy atom. The number of hydrogen-bond acceptors (Lipinski definition) is 4. The molecule has 22 heavy (non-hydrogen) atoms. The van der Waals surface area contributed by atoms with Crippen LogP contribution in [0, 0.1) is 0 Å². The summed E-state index contributed by atoms with van der Waals surface area (Å²) in [6.45, 7) is 0. The van der Waals surface area contributed by atoms with Crippen molar-refractivity contribution in [1.82, 2.24) is 0 Å². The van der Waals surface area contributed by atoms with Gasteiger partial charge < -0.3 is 19.7 Å². The van der Waals surface area contributed by atoms with Gasteiger partial charge in [-0.1, -0.05) is 12.1 Å². The van der Waals surface area contributed by atoms with Crippen molar-refractivity contribution >= 4 is 17.6 Å². The molecule has 0 aliphatic rings. The molecule has 0 aliphatic carbocycles. The first kappa shape index (κ1) is 15.4. The van der Waals surface area contributed by atoms with E-state index in [-0.39, 0.29) is 11.3 Å². The van der Waals surface area contributed by atoms with E-state index in [0.29, 0.717) is 22.6 Å². The van der Waals surface area contributed by atoms with Crippen LogP contribution in [0.4, 0.5) is 0 Å². The van der Waals surface area contributed by atoms with Gasteiger partial charge in [0.05, 0.1) is 19.8 Å². The van der Waals surface area contributed by atoms with Gasteiger partial charge in [0, 0.05) is 6.07 Å². The average molecular weight is 300 g/mol. The van der Waals surface area contributed by atoms with Crippen molar-refractivity contribution in [2.24, 2.45) is 0 Å². The van der Waals surface area contributed by atoms with E-state index in [4.69, 9.17) is 9.47 Å². The molecule has 114 valence electrons. The van der Waals surface area contributed by atoms with Gasteiger partial charge in [-0.25, -0.2) is 4.79 Å². The van der Waals surface area contributed by atoms with E-state index in [1.807, 2.05) is 0 Å². The van der Waals surface area contributed by atoms with Crippen LogP contribution >= 0.6 is 0 Å². The average Bonchev–Trinajstić information content (AvgIpc) is 2.53. The first-order chi connectivity index (χ1) is 10.5. The maximum atomic E-state index is 11.6. The highest BCUT2D eigenvalue weighted by Gasteiger charge is 2.13. The topological polar surface area (TPSA) is 76.0 Å². The van der Waals surface area contributed by atoms with Crippen LogP contribution < -0.4 is 9.47 Å². The number of aromatic hydroxyl groups is 1. The predicted molar refractivity (Wildman–Crippen MR) is 83.2 cm³/mol. The molecule has 0 fully saturated rings. The summed E-state index contributed by atoms with van der Waals surface area (Å²) in [6.07, 6.45) is 1.52. The fourth-order valence-corrected chi connectivity index (χ4v) is 1.97. The smallest absolute Gasteiger partial charge is 0.336 e.